The van der Waals surface area contributed by atoms with E-state index < -0.39 is 11.9 Å². The van der Waals surface area contributed by atoms with E-state index in [0.29, 0.717) is 5.56 Å². The minimum atomic E-state index is -0.919. The number of hydrogen-bond donors (Lipinski definition) is 2. The van der Waals surface area contributed by atoms with Gasteiger partial charge in [0.1, 0.15) is 5.75 Å². The number of methoxy groups -OCH3 is 1. The summed E-state index contributed by atoms with van der Waals surface area (Å²) in [6, 6.07) is 9.53. The second-order valence-electron chi connectivity index (χ2n) is 3.63. The van der Waals surface area contributed by atoms with Crippen LogP contribution in [0.1, 0.15) is 20.7 Å². The van der Waals surface area contributed by atoms with Crippen molar-refractivity contribution in [3.05, 3.63) is 59.9 Å². The normalized spacial score (nSPS) is 9.05. The molecule has 0 aliphatic heterocycles. The summed E-state index contributed by atoms with van der Waals surface area (Å²) < 4.78 is 4.90. The molecule has 0 aliphatic rings. The summed E-state index contributed by atoms with van der Waals surface area (Å²) in [5, 5.41) is 8.36. The zero-order chi connectivity index (χ0) is 15.0. The van der Waals surface area contributed by atoms with Gasteiger partial charge in [0.2, 0.25) is 5.91 Å². The van der Waals surface area contributed by atoms with Crippen LogP contribution in [0.5, 0.6) is 5.75 Å². The topological polar surface area (TPSA) is 103 Å². The maximum absolute atomic E-state index is 10.6. The van der Waals surface area contributed by atoms with Gasteiger partial charge in [-0.15, -0.1) is 0 Å². The molecule has 0 saturated carbocycles. The Bertz CT molecular complexity index is 567. The second-order valence-corrected chi connectivity index (χ2v) is 3.63. The number of pyridine rings is 1. The van der Waals surface area contributed by atoms with Crippen molar-refractivity contribution in [2.24, 2.45) is 5.73 Å². The van der Waals surface area contributed by atoms with Crippen molar-refractivity contribution in [3.63, 3.8) is 0 Å². The van der Waals surface area contributed by atoms with Crippen LogP contribution in [-0.4, -0.2) is 29.1 Å². The van der Waals surface area contributed by atoms with Gasteiger partial charge >= 0.3 is 5.97 Å². The van der Waals surface area contributed by atoms with Gasteiger partial charge in [0.15, 0.2) is 0 Å². The van der Waals surface area contributed by atoms with Crippen LogP contribution in [0.15, 0.2) is 48.8 Å². The van der Waals surface area contributed by atoms with Crippen LogP contribution in [0.25, 0.3) is 0 Å². The number of amides is 1. The molecule has 0 aliphatic carbocycles. The average Bonchev–Trinajstić information content (AvgIpc) is 2.49. The minimum absolute atomic E-state index is 0.269. The first-order chi connectivity index (χ1) is 9.54. The Kier molecular flexibility index (Phi) is 5.71. The molecule has 2 aromatic rings. The lowest BCUT2D eigenvalue weighted by Gasteiger charge is -1.98. The van der Waals surface area contributed by atoms with Crippen LogP contribution in [0.3, 0.4) is 0 Å². The molecule has 1 aromatic heterocycles. The third-order valence-corrected chi connectivity index (χ3v) is 2.30. The highest BCUT2D eigenvalue weighted by atomic mass is 16.5. The molecule has 0 saturated heterocycles. The first-order valence-corrected chi connectivity index (χ1v) is 5.61. The van der Waals surface area contributed by atoms with E-state index in [2.05, 4.69) is 4.98 Å². The monoisotopic (exact) mass is 274 g/mol. The summed E-state index contributed by atoms with van der Waals surface area (Å²) in [5.74, 6) is -0.625. The third-order valence-electron chi connectivity index (χ3n) is 2.30. The van der Waals surface area contributed by atoms with Gasteiger partial charge in [-0.2, -0.15) is 0 Å². The van der Waals surface area contributed by atoms with Crippen molar-refractivity contribution in [1.29, 1.82) is 0 Å². The standard InChI is InChI=1S/C8H9NO2.C6H5NO2/c1-11-7-4-2-6(3-5-7)8(9)10;8-6(9)5-1-3-7-4-2-5/h2-5H,1H3,(H2,9,10);1-4H,(H,8,9). The summed E-state index contributed by atoms with van der Waals surface area (Å²) in [4.78, 5) is 24.4. The number of ether oxygens (including phenoxy) is 1. The molecule has 104 valence electrons. The molecule has 20 heavy (non-hydrogen) atoms. The summed E-state index contributed by atoms with van der Waals surface area (Å²) in [7, 11) is 1.57. The molecule has 0 atom stereocenters. The number of carbonyl (C=O) groups is 2. The largest absolute Gasteiger partial charge is 0.497 e. The number of nitrogens with zero attached hydrogens (tertiary/aromatic N) is 1. The number of primary amides is 1. The van der Waals surface area contributed by atoms with Gasteiger partial charge in [-0.25, -0.2) is 4.79 Å². The van der Waals surface area contributed by atoms with Crippen LogP contribution in [-0.2, 0) is 0 Å². The van der Waals surface area contributed by atoms with Gasteiger partial charge in [-0.3, -0.25) is 9.78 Å². The number of carboxylic acids is 1. The highest BCUT2D eigenvalue weighted by molar-refractivity contribution is 5.92. The molecule has 0 radical (unpaired) electrons. The summed E-state index contributed by atoms with van der Waals surface area (Å²) >= 11 is 0. The molecule has 0 fully saturated rings. The van der Waals surface area contributed by atoms with Crippen molar-refractivity contribution in [3.8, 4) is 5.75 Å². The number of nitrogens with two attached hydrogens (primary N) is 1. The number of rotatable bonds is 3. The summed E-state index contributed by atoms with van der Waals surface area (Å²) in [6.07, 6.45) is 2.90. The predicted molar refractivity (Wildman–Crippen MR) is 72.7 cm³/mol. The van der Waals surface area contributed by atoms with E-state index in [1.165, 1.54) is 24.5 Å². The molecule has 0 bridgehead atoms. The van der Waals surface area contributed by atoms with Crippen molar-refractivity contribution < 1.29 is 19.4 Å². The fourth-order valence-corrected chi connectivity index (χ4v) is 1.25. The first kappa shape index (κ1) is 15.2. The zero-order valence-electron chi connectivity index (χ0n) is 10.8. The molecule has 0 spiro atoms. The van der Waals surface area contributed by atoms with Crippen molar-refractivity contribution >= 4 is 11.9 Å². The molecule has 1 amide bonds. The smallest absolute Gasteiger partial charge is 0.335 e. The van der Waals surface area contributed by atoms with Crippen LogP contribution in [0.4, 0.5) is 0 Å². The van der Waals surface area contributed by atoms with Crippen molar-refractivity contribution in [2.45, 2.75) is 0 Å². The van der Waals surface area contributed by atoms with Crippen LogP contribution >= 0.6 is 0 Å². The van der Waals surface area contributed by atoms with Crippen molar-refractivity contribution in [1.82, 2.24) is 4.98 Å². The van der Waals surface area contributed by atoms with Crippen LogP contribution in [0.2, 0.25) is 0 Å². The maximum atomic E-state index is 10.6. The fourth-order valence-electron chi connectivity index (χ4n) is 1.25. The van der Waals surface area contributed by atoms with E-state index in [-0.39, 0.29) is 5.56 Å². The molecule has 6 heteroatoms. The predicted octanol–water partition coefficient (Wildman–Crippen LogP) is 1.57. The lowest BCUT2D eigenvalue weighted by atomic mass is 10.2. The van der Waals surface area contributed by atoms with Gasteiger partial charge in [0.25, 0.3) is 0 Å². The third kappa shape index (κ3) is 4.77. The maximum Gasteiger partial charge on any atom is 0.335 e. The van der Waals surface area contributed by atoms with E-state index in [0.717, 1.165) is 5.75 Å². The van der Waals surface area contributed by atoms with Gasteiger partial charge in [-0.1, -0.05) is 0 Å². The number of hydrogen-bond acceptors (Lipinski definition) is 4. The number of aromatic carboxylic acids is 1. The molecule has 1 aromatic carbocycles. The minimum Gasteiger partial charge on any atom is -0.497 e. The summed E-state index contributed by atoms with van der Waals surface area (Å²) in [5.41, 5.74) is 5.79. The molecule has 3 N–H and O–H groups in total. The lowest BCUT2D eigenvalue weighted by molar-refractivity contribution is 0.0696. The van der Waals surface area contributed by atoms with E-state index in [1.807, 2.05) is 0 Å². The second kappa shape index (κ2) is 7.52. The quantitative estimate of drug-likeness (QED) is 0.884. The first-order valence-electron chi connectivity index (χ1n) is 5.61. The van der Waals surface area contributed by atoms with E-state index >= 15 is 0 Å². The Balaban J connectivity index is 0.000000204. The van der Waals surface area contributed by atoms with Crippen molar-refractivity contribution in [2.75, 3.05) is 7.11 Å². The van der Waals surface area contributed by atoms with Gasteiger partial charge in [0, 0.05) is 18.0 Å². The number of aromatic nitrogens is 1. The summed E-state index contributed by atoms with van der Waals surface area (Å²) in [6.45, 7) is 0. The molecular weight excluding hydrogens is 260 g/mol. The van der Waals surface area contributed by atoms with Gasteiger partial charge in [-0.05, 0) is 36.4 Å². The Labute approximate surface area is 115 Å². The van der Waals surface area contributed by atoms with E-state index in [1.54, 1.807) is 31.4 Å². The van der Waals surface area contributed by atoms with E-state index in [9.17, 15) is 9.59 Å². The molecule has 0 unspecified atom stereocenters. The molecular formula is C14H14N2O4. The van der Waals surface area contributed by atoms with Gasteiger partial charge in [0.05, 0.1) is 12.7 Å². The lowest BCUT2D eigenvalue weighted by Crippen LogP contribution is -2.10. The molecule has 1 heterocycles. The van der Waals surface area contributed by atoms with Crippen LogP contribution < -0.4 is 10.5 Å². The Hall–Kier alpha value is -2.89. The number of carboxylic acid groups (broad SMARTS) is 1. The molecule has 6 nitrogen and oxygen atoms in total. The Morgan fingerprint density at radius 3 is 1.95 bits per heavy atom. The highest BCUT2D eigenvalue weighted by Crippen LogP contribution is 2.10. The average molecular weight is 274 g/mol. The highest BCUT2D eigenvalue weighted by Gasteiger charge is 1.98. The number of benzene rings is 1. The SMILES string of the molecule is COc1ccc(C(N)=O)cc1.O=C(O)c1ccncc1. The fraction of sp³-hybridized carbons (Fsp3) is 0.0714. The van der Waals surface area contributed by atoms with Gasteiger partial charge < -0.3 is 15.6 Å². The van der Waals surface area contributed by atoms with E-state index in [4.69, 9.17) is 15.6 Å². The number of carbonyl (C=O) groups excluding carboxylic acids is 1. The zero-order valence-corrected chi connectivity index (χ0v) is 10.8. The Morgan fingerprint density at radius 2 is 1.60 bits per heavy atom. The van der Waals surface area contributed by atoms with Crippen LogP contribution in [0, 0.1) is 0 Å². The Morgan fingerprint density at radius 1 is 1.05 bits per heavy atom. The molecule has 2 rings (SSSR count).